The third kappa shape index (κ3) is 69.1. The molecule has 0 aromatic carbocycles. The van der Waals surface area contributed by atoms with E-state index in [0.29, 0.717) is 6.42 Å². The van der Waals surface area contributed by atoms with Gasteiger partial charge >= 0.3 is 19.8 Å². The molecule has 9 nitrogen and oxygen atoms in total. The van der Waals surface area contributed by atoms with Crippen LogP contribution in [0.1, 0.15) is 296 Å². The van der Waals surface area contributed by atoms with Gasteiger partial charge in [-0.1, -0.05) is 302 Å². The van der Waals surface area contributed by atoms with Crippen molar-refractivity contribution in [2.24, 2.45) is 5.73 Å². The zero-order valence-electron chi connectivity index (χ0n) is 54.5. The number of carbonyl (C=O) groups excluding carboxylic acids is 2. The number of hydrogen-bond acceptors (Lipinski definition) is 8. The van der Waals surface area contributed by atoms with Gasteiger partial charge in [0.1, 0.15) is 6.61 Å². The van der Waals surface area contributed by atoms with Gasteiger partial charge in [-0.25, -0.2) is 4.57 Å². The quantitative estimate of drug-likeness (QED) is 0.0264. The largest absolute Gasteiger partial charge is 0.472 e. The molecule has 486 valence electrons. The van der Waals surface area contributed by atoms with Crippen LogP contribution in [-0.2, 0) is 32.7 Å². The van der Waals surface area contributed by atoms with Crippen molar-refractivity contribution in [1.82, 2.24) is 0 Å². The fourth-order valence-electron chi connectivity index (χ4n) is 9.43. The van der Waals surface area contributed by atoms with Gasteiger partial charge in [-0.3, -0.25) is 18.6 Å². The van der Waals surface area contributed by atoms with E-state index < -0.39 is 26.5 Å². The number of unbranched alkanes of at least 4 members (excludes halogenated alkanes) is 29. The Balaban J connectivity index is 3.91. The molecule has 0 aliphatic carbocycles. The van der Waals surface area contributed by atoms with Crippen molar-refractivity contribution in [3.05, 3.63) is 134 Å². The van der Waals surface area contributed by atoms with E-state index in [0.717, 1.165) is 103 Å². The maximum atomic E-state index is 12.8. The molecule has 0 saturated heterocycles. The molecule has 85 heavy (non-hydrogen) atoms. The van der Waals surface area contributed by atoms with E-state index in [1.54, 1.807) is 0 Å². The van der Waals surface area contributed by atoms with Gasteiger partial charge < -0.3 is 20.1 Å². The molecule has 0 amide bonds. The fourth-order valence-corrected chi connectivity index (χ4v) is 10.2. The molecule has 0 aliphatic rings. The van der Waals surface area contributed by atoms with Crippen molar-refractivity contribution in [2.75, 3.05) is 26.4 Å². The highest BCUT2D eigenvalue weighted by atomic mass is 31.2. The van der Waals surface area contributed by atoms with E-state index in [9.17, 15) is 19.0 Å². The van der Waals surface area contributed by atoms with Gasteiger partial charge in [0.2, 0.25) is 0 Å². The van der Waals surface area contributed by atoms with E-state index in [1.807, 2.05) is 0 Å². The minimum Gasteiger partial charge on any atom is -0.462 e. The highest BCUT2D eigenvalue weighted by Gasteiger charge is 2.26. The summed E-state index contributed by atoms with van der Waals surface area (Å²) in [6.45, 7) is 3.63. The van der Waals surface area contributed by atoms with Crippen LogP contribution in [0.25, 0.3) is 0 Å². The molecule has 0 bridgehead atoms. The minimum atomic E-state index is -4.40. The second-order valence-electron chi connectivity index (χ2n) is 22.7. The number of hydrogen-bond donors (Lipinski definition) is 2. The average molecular weight is 1200 g/mol. The molecule has 0 radical (unpaired) electrons. The van der Waals surface area contributed by atoms with Gasteiger partial charge in [-0.05, 0) is 116 Å². The van der Waals surface area contributed by atoms with Crippen molar-refractivity contribution in [1.29, 1.82) is 0 Å². The van der Waals surface area contributed by atoms with Gasteiger partial charge in [0, 0.05) is 19.4 Å². The lowest BCUT2D eigenvalue weighted by Crippen LogP contribution is -2.29. The second-order valence-corrected chi connectivity index (χ2v) is 24.1. The number of nitrogens with two attached hydrogens (primary N) is 1. The number of phosphoric acid groups is 1. The number of carbonyl (C=O) groups is 2. The SMILES string of the molecule is CC/C=C\C/C=C\C/C=C\C/C=C\C/C=C\C/C=C\C/C=C\C/C=C\C/C=C\CCCCCCCCCCCCCCCC(=O)OC(COC(=O)CCCCCCCCCCCCC/C=C\C/C=C\CCCCCCC)COP(=O)(O)OCCN. The molecule has 2 atom stereocenters. The van der Waals surface area contributed by atoms with E-state index >= 15 is 0 Å². The van der Waals surface area contributed by atoms with Crippen molar-refractivity contribution < 1.29 is 37.6 Å². The Labute approximate surface area is 523 Å². The van der Waals surface area contributed by atoms with Crippen LogP contribution in [0, 0.1) is 0 Å². The Morgan fingerprint density at radius 2 is 0.647 bits per heavy atom. The summed E-state index contributed by atoms with van der Waals surface area (Å²) in [6, 6.07) is 0. The van der Waals surface area contributed by atoms with Crippen LogP contribution in [0.3, 0.4) is 0 Å². The monoisotopic (exact) mass is 1200 g/mol. The maximum Gasteiger partial charge on any atom is 0.472 e. The number of phosphoric ester groups is 1. The zero-order valence-corrected chi connectivity index (χ0v) is 55.4. The maximum absolute atomic E-state index is 12.8. The van der Waals surface area contributed by atoms with E-state index in [1.165, 1.54) is 161 Å². The summed E-state index contributed by atoms with van der Waals surface area (Å²) >= 11 is 0. The molecule has 2 unspecified atom stereocenters. The van der Waals surface area contributed by atoms with Gasteiger partial charge in [-0.2, -0.15) is 0 Å². The fraction of sp³-hybridized carbons (Fsp3) is 0.680. The lowest BCUT2D eigenvalue weighted by Gasteiger charge is -2.19. The molecule has 0 heterocycles. The highest BCUT2D eigenvalue weighted by molar-refractivity contribution is 7.47. The first-order chi connectivity index (χ1) is 41.8. The molecule has 10 heteroatoms. The second kappa shape index (κ2) is 69.3. The van der Waals surface area contributed by atoms with Crippen molar-refractivity contribution >= 4 is 19.8 Å². The van der Waals surface area contributed by atoms with E-state index in [2.05, 4.69) is 148 Å². The van der Waals surface area contributed by atoms with E-state index in [4.69, 9.17) is 24.3 Å². The minimum absolute atomic E-state index is 0.0485. The molecule has 0 rings (SSSR count). The number of esters is 2. The molecule has 0 aromatic heterocycles. The summed E-state index contributed by atoms with van der Waals surface area (Å²) in [6.07, 6.45) is 98.2. The van der Waals surface area contributed by atoms with Crippen LogP contribution in [0.5, 0.6) is 0 Å². The lowest BCUT2D eigenvalue weighted by atomic mass is 10.0. The number of ether oxygens (including phenoxy) is 2. The van der Waals surface area contributed by atoms with Crippen LogP contribution < -0.4 is 5.73 Å². The first-order valence-electron chi connectivity index (χ1n) is 34.7. The molecule has 3 N–H and O–H groups in total. The summed E-state index contributed by atoms with van der Waals surface area (Å²) in [5, 5.41) is 0. The summed E-state index contributed by atoms with van der Waals surface area (Å²) in [5.41, 5.74) is 5.40. The Hall–Kier alpha value is -3.85. The van der Waals surface area contributed by atoms with E-state index in [-0.39, 0.29) is 38.6 Å². The van der Waals surface area contributed by atoms with Gasteiger partial charge in [-0.15, -0.1) is 0 Å². The molecule has 0 spiro atoms. The van der Waals surface area contributed by atoms with Crippen molar-refractivity contribution in [2.45, 2.75) is 302 Å². The standard InChI is InChI=1S/C75H128NO8P/c1-3-5-7-9-11-13-15-17-19-21-23-25-27-28-29-30-31-32-33-34-35-36-37-38-39-40-41-42-43-44-46-48-50-52-54-56-58-60-62-64-66-68-75(78)84-73(72-83-85(79,80)82-70-69-76)71-81-74(77)67-65-63-61-59-57-55-53-51-49-47-45-26-24-22-20-18-16-14-12-10-8-6-4-2/h5,7,11,13,16-19,22-25,28-29,31-32,34-35,37-38,40-41,73H,3-4,6,8-10,12,14-15,20-21,26-27,30,33,36,39,42-72,76H2,1-2H3,(H,79,80)/b7-5-,13-11-,18-16-,19-17-,24-22-,25-23-,29-28-,32-31-,35-34-,38-37-,41-40-. The van der Waals surface area contributed by atoms with Gasteiger partial charge in [0.05, 0.1) is 13.2 Å². The summed E-state index contributed by atoms with van der Waals surface area (Å²) in [4.78, 5) is 35.3. The normalized spacial score (nSPS) is 13.8. The van der Waals surface area contributed by atoms with Crippen LogP contribution in [0.15, 0.2) is 134 Å². The average Bonchev–Trinajstić information content (AvgIpc) is 3.52. The molecule has 0 saturated carbocycles. The zero-order chi connectivity index (χ0) is 61.6. The Morgan fingerprint density at radius 1 is 0.365 bits per heavy atom. The smallest absolute Gasteiger partial charge is 0.462 e. The molecular weight excluding hydrogens is 1070 g/mol. The lowest BCUT2D eigenvalue weighted by molar-refractivity contribution is -0.161. The van der Waals surface area contributed by atoms with Gasteiger partial charge in [0.25, 0.3) is 0 Å². The van der Waals surface area contributed by atoms with Crippen LogP contribution in [-0.4, -0.2) is 49.3 Å². The number of rotatable bonds is 64. The Morgan fingerprint density at radius 3 is 0.965 bits per heavy atom. The van der Waals surface area contributed by atoms with Crippen LogP contribution in [0.2, 0.25) is 0 Å². The first-order valence-corrected chi connectivity index (χ1v) is 36.2. The summed E-state index contributed by atoms with van der Waals surface area (Å²) < 4.78 is 33.2. The Kier molecular flexibility index (Phi) is 66.1. The Bertz CT molecular complexity index is 1860. The third-order valence-corrected chi connectivity index (χ3v) is 15.5. The topological polar surface area (TPSA) is 134 Å². The first kappa shape index (κ1) is 81.2. The molecule has 0 aliphatic heterocycles. The third-order valence-electron chi connectivity index (χ3n) is 14.5. The van der Waals surface area contributed by atoms with Crippen molar-refractivity contribution in [3.63, 3.8) is 0 Å². The molecular formula is C75H128NO8P. The predicted octanol–water partition coefficient (Wildman–Crippen LogP) is 22.9. The predicted molar refractivity (Wildman–Crippen MR) is 367 cm³/mol. The number of allylic oxidation sites excluding steroid dienone is 22. The highest BCUT2D eigenvalue weighted by Crippen LogP contribution is 2.43. The molecule has 0 fully saturated rings. The summed E-state index contributed by atoms with van der Waals surface area (Å²) in [5.74, 6) is -0.829. The molecule has 0 aromatic rings. The summed E-state index contributed by atoms with van der Waals surface area (Å²) in [7, 11) is -4.40. The van der Waals surface area contributed by atoms with Crippen molar-refractivity contribution in [3.8, 4) is 0 Å². The van der Waals surface area contributed by atoms with Crippen LogP contribution >= 0.6 is 7.82 Å². The van der Waals surface area contributed by atoms with Crippen LogP contribution in [0.4, 0.5) is 0 Å². The van der Waals surface area contributed by atoms with Gasteiger partial charge in [0.15, 0.2) is 6.10 Å².